The summed E-state index contributed by atoms with van der Waals surface area (Å²) in [5.74, 6) is -1.57. The summed E-state index contributed by atoms with van der Waals surface area (Å²) in [5.41, 5.74) is 2.77. The Hall–Kier alpha value is -2.44. The van der Waals surface area contributed by atoms with Crippen LogP contribution in [0.5, 0.6) is 0 Å². The molecule has 0 radical (unpaired) electrons. The largest absolute Gasteiger partial charge is 0.550 e. The van der Waals surface area contributed by atoms with Gasteiger partial charge < -0.3 is 25.0 Å². The summed E-state index contributed by atoms with van der Waals surface area (Å²) < 4.78 is 0. The van der Waals surface area contributed by atoms with Crippen LogP contribution in [0.25, 0.3) is 0 Å². The minimum atomic E-state index is -1.23. The van der Waals surface area contributed by atoms with Crippen LogP contribution in [-0.4, -0.2) is 38.1 Å². The molecule has 1 aliphatic rings. The Morgan fingerprint density at radius 2 is 1.43 bits per heavy atom. The van der Waals surface area contributed by atoms with E-state index in [1.54, 1.807) is 0 Å². The van der Waals surface area contributed by atoms with Gasteiger partial charge in [0.25, 0.3) is 0 Å². The Morgan fingerprint density at radius 3 is 2.00 bits per heavy atom. The van der Waals surface area contributed by atoms with E-state index in [2.05, 4.69) is 15.1 Å². The quantitative estimate of drug-likeness (QED) is 0.777. The number of carboxylic acid groups (broad SMARTS) is 1. The van der Waals surface area contributed by atoms with Gasteiger partial charge in [0.05, 0.1) is 10.0 Å². The fourth-order valence-corrected chi connectivity index (χ4v) is 3.39. The Morgan fingerprint density at radius 1 is 0.857 bits per heavy atom. The van der Waals surface area contributed by atoms with Crippen molar-refractivity contribution in [3.63, 3.8) is 0 Å². The number of piperazine rings is 1. The standard InChI is InChI=1S/C20H21Cl2N3O3/c21-17-6-5-16(13-18(17)22)25-11-9-24(10-12-25)15-3-1-14(2-4-15)23-19(26)7-8-20(27)28/h1-6,13H,7-12H2,(H,23,26)(H,27,28)/p-1. The molecule has 1 aliphatic heterocycles. The zero-order valence-corrected chi connectivity index (χ0v) is 16.7. The van der Waals surface area contributed by atoms with Gasteiger partial charge in [-0.1, -0.05) is 23.2 Å². The number of halogens is 2. The fourth-order valence-electron chi connectivity index (χ4n) is 3.10. The first-order valence-electron chi connectivity index (χ1n) is 8.97. The van der Waals surface area contributed by atoms with Crippen molar-refractivity contribution in [3.05, 3.63) is 52.5 Å². The molecular formula is C20H20Cl2N3O3-. The molecular weight excluding hydrogens is 401 g/mol. The highest BCUT2D eigenvalue weighted by Gasteiger charge is 2.18. The summed E-state index contributed by atoms with van der Waals surface area (Å²) in [7, 11) is 0. The molecule has 0 bridgehead atoms. The summed E-state index contributed by atoms with van der Waals surface area (Å²) in [6.45, 7) is 3.44. The predicted octanol–water partition coefficient (Wildman–Crippen LogP) is 2.79. The average molecular weight is 421 g/mol. The van der Waals surface area contributed by atoms with Crippen LogP contribution in [0.15, 0.2) is 42.5 Å². The monoisotopic (exact) mass is 420 g/mol. The Kier molecular flexibility index (Phi) is 6.65. The molecule has 1 heterocycles. The molecule has 8 heteroatoms. The molecule has 0 unspecified atom stereocenters. The summed E-state index contributed by atoms with van der Waals surface area (Å²) in [4.78, 5) is 26.6. The van der Waals surface area contributed by atoms with Gasteiger partial charge in [0.1, 0.15) is 0 Å². The van der Waals surface area contributed by atoms with Gasteiger partial charge in [0.2, 0.25) is 5.91 Å². The van der Waals surface area contributed by atoms with Gasteiger partial charge in [-0.3, -0.25) is 4.79 Å². The molecule has 1 amide bonds. The molecule has 2 aromatic carbocycles. The number of aliphatic carboxylic acids is 1. The number of hydrogen-bond acceptors (Lipinski definition) is 5. The first kappa shape index (κ1) is 20.3. The third-order valence-electron chi connectivity index (χ3n) is 4.62. The van der Waals surface area contributed by atoms with Crippen LogP contribution in [0, 0.1) is 0 Å². The van der Waals surface area contributed by atoms with Crippen molar-refractivity contribution in [2.75, 3.05) is 41.3 Å². The van der Waals surface area contributed by atoms with Crippen LogP contribution < -0.4 is 20.2 Å². The van der Waals surface area contributed by atoms with Crippen LogP contribution in [-0.2, 0) is 9.59 Å². The van der Waals surface area contributed by atoms with Crippen molar-refractivity contribution in [3.8, 4) is 0 Å². The molecule has 6 nitrogen and oxygen atoms in total. The fraction of sp³-hybridized carbons (Fsp3) is 0.300. The van der Waals surface area contributed by atoms with Gasteiger partial charge in [-0.05, 0) is 48.9 Å². The van der Waals surface area contributed by atoms with Crippen molar-refractivity contribution in [1.82, 2.24) is 0 Å². The highest BCUT2D eigenvalue weighted by Crippen LogP contribution is 2.28. The minimum Gasteiger partial charge on any atom is -0.550 e. The molecule has 1 N–H and O–H groups in total. The molecule has 0 aliphatic carbocycles. The van der Waals surface area contributed by atoms with E-state index < -0.39 is 5.97 Å². The normalized spacial score (nSPS) is 14.1. The smallest absolute Gasteiger partial charge is 0.224 e. The van der Waals surface area contributed by atoms with E-state index in [1.807, 2.05) is 42.5 Å². The molecule has 148 valence electrons. The first-order chi connectivity index (χ1) is 13.4. The first-order valence-corrected chi connectivity index (χ1v) is 9.72. The molecule has 0 atom stereocenters. The summed E-state index contributed by atoms with van der Waals surface area (Å²) >= 11 is 12.1. The Bertz CT molecular complexity index is 850. The maximum Gasteiger partial charge on any atom is 0.224 e. The highest BCUT2D eigenvalue weighted by molar-refractivity contribution is 6.42. The van der Waals surface area contributed by atoms with Crippen molar-refractivity contribution in [2.45, 2.75) is 12.8 Å². The van der Waals surface area contributed by atoms with Crippen LogP contribution in [0.1, 0.15) is 12.8 Å². The van der Waals surface area contributed by atoms with Gasteiger partial charge in [-0.15, -0.1) is 0 Å². The SMILES string of the molecule is O=C([O-])CCC(=O)Nc1ccc(N2CCN(c3ccc(Cl)c(Cl)c3)CC2)cc1. The average Bonchev–Trinajstić information content (AvgIpc) is 2.69. The molecule has 0 saturated carbocycles. The molecule has 28 heavy (non-hydrogen) atoms. The number of nitrogens with one attached hydrogen (secondary N) is 1. The van der Waals surface area contributed by atoms with E-state index in [9.17, 15) is 14.7 Å². The van der Waals surface area contributed by atoms with Gasteiger partial charge in [-0.2, -0.15) is 0 Å². The molecule has 0 spiro atoms. The number of rotatable bonds is 6. The molecule has 2 aromatic rings. The van der Waals surface area contributed by atoms with E-state index >= 15 is 0 Å². The minimum absolute atomic E-state index is 0.0965. The van der Waals surface area contributed by atoms with Crippen molar-refractivity contribution < 1.29 is 14.7 Å². The lowest BCUT2D eigenvalue weighted by atomic mass is 10.2. The van der Waals surface area contributed by atoms with E-state index in [1.165, 1.54) is 0 Å². The van der Waals surface area contributed by atoms with Gasteiger partial charge in [-0.25, -0.2) is 0 Å². The number of benzene rings is 2. The topological polar surface area (TPSA) is 75.7 Å². The van der Waals surface area contributed by atoms with Gasteiger partial charge in [0, 0.05) is 55.6 Å². The number of hydrogen-bond donors (Lipinski definition) is 1. The maximum absolute atomic E-state index is 11.7. The zero-order valence-electron chi connectivity index (χ0n) is 15.2. The van der Waals surface area contributed by atoms with Crippen LogP contribution in [0.3, 0.4) is 0 Å². The summed E-state index contributed by atoms with van der Waals surface area (Å²) in [6, 6.07) is 13.2. The number of carboxylic acids is 1. The second kappa shape index (κ2) is 9.17. The van der Waals surface area contributed by atoms with Crippen molar-refractivity contribution in [1.29, 1.82) is 0 Å². The number of anilines is 3. The second-order valence-electron chi connectivity index (χ2n) is 6.54. The Balaban J connectivity index is 1.53. The van der Waals surface area contributed by atoms with E-state index in [4.69, 9.17) is 23.2 Å². The van der Waals surface area contributed by atoms with Gasteiger partial charge >= 0.3 is 0 Å². The number of carbonyl (C=O) groups excluding carboxylic acids is 2. The third kappa shape index (κ3) is 5.30. The zero-order chi connectivity index (χ0) is 20.1. The predicted molar refractivity (Wildman–Crippen MR) is 110 cm³/mol. The van der Waals surface area contributed by atoms with E-state index in [0.29, 0.717) is 15.7 Å². The molecule has 0 aromatic heterocycles. The van der Waals surface area contributed by atoms with E-state index in [0.717, 1.165) is 37.6 Å². The van der Waals surface area contributed by atoms with Crippen LogP contribution in [0.2, 0.25) is 10.0 Å². The molecule has 3 rings (SSSR count). The van der Waals surface area contributed by atoms with Crippen LogP contribution >= 0.6 is 23.2 Å². The van der Waals surface area contributed by atoms with Crippen molar-refractivity contribution in [2.24, 2.45) is 0 Å². The highest BCUT2D eigenvalue weighted by atomic mass is 35.5. The Labute approximate surface area is 173 Å². The maximum atomic E-state index is 11.7. The number of nitrogens with zero attached hydrogens (tertiary/aromatic N) is 2. The van der Waals surface area contributed by atoms with Crippen molar-refractivity contribution >= 4 is 52.1 Å². The molecule has 1 fully saturated rings. The molecule has 1 saturated heterocycles. The lowest BCUT2D eigenvalue weighted by Gasteiger charge is -2.37. The second-order valence-corrected chi connectivity index (χ2v) is 7.35. The lowest BCUT2D eigenvalue weighted by Crippen LogP contribution is -2.46. The number of amides is 1. The van der Waals surface area contributed by atoms with Crippen LogP contribution in [0.4, 0.5) is 17.1 Å². The summed E-state index contributed by atoms with van der Waals surface area (Å²) in [5, 5.41) is 14.2. The van der Waals surface area contributed by atoms with E-state index in [-0.39, 0.29) is 18.7 Å². The number of carbonyl (C=O) groups is 2. The summed E-state index contributed by atoms with van der Waals surface area (Å²) in [6.07, 6.45) is -0.381. The third-order valence-corrected chi connectivity index (χ3v) is 5.36. The lowest BCUT2D eigenvalue weighted by molar-refractivity contribution is -0.305. The van der Waals surface area contributed by atoms with Gasteiger partial charge in [0.15, 0.2) is 0 Å².